The van der Waals surface area contributed by atoms with Gasteiger partial charge in [0.05, 0.1) is 6.04 Å². The van der Waals surface area contributed by atoms with Crippen molar-refractivity contribution >= 4 is 23.0 Å². The van der Waals surface area contributed by atoms with Crippen LogP contribution < -0.4 is 0 Å². The van der Waals surface area contributed by atoms with Crippen LogP contribution in [0.5, 0.6) is 0 Å². The third-order valence-corrected chi connectivity index (χ3v) is 7.92. The lowest BCUT2D eigenvalue weighted by atomic mass is 9.86. The van der Waals surface area contributed by atoms with Gasteiger partial charge in [-0.1, -0.05) is 0 Å². The lowest BCUT2D eigenvalue weighted by molar-refractivity contribution is -0.133. The van der Waals surface area contributed by atoms with Crippen molar-refractivity contribution in [3.05, 3.63) is 52.8 Å². The van der Waals surface area contributed by atoms with Crippen molar-refractivity contribution in [2.75, 3.05) is 13.1 Å². The summed E-state index contributed by atoms with van der Waals surface area (Å²) >= 11 is 0. The summed E-state index contributed by atoms with van der Waals surface area (Å²) in [5.74, 6) is 0.504. The van der Waals surface area contributed by atoms with Crippen LogP contribution in [-0.2, 0) is 22.5 Å². The van der Waals surface area contributed by atoms with Gasteiger partial charge in [0.15, 0.2) is 0 Å². The van der Waals surface area contributed by atoms with Crippen molar-refractivity contribution in [2.24, 2.45) is 5.92 Å². The number of rotatable bonds is 3. The molecule has 2 fully saturated rings. The number of benzene rings is 1. The fourth-order valence-corrected chi connectivity index (χ4v) is 5.90. The SMILES string of the molecule is Cc1c[nH]c2ncc(-c3cc4c(c([C@@H]5CCCN5C(=O)OC(C)(C)C)c3)CCN(C(=O)C3CC3)C4)cc12. The van der Waals surface area contributed by atoms with Crippen LogP contribution in [0.25, 0.3) is 22.2 Å². The molecule has 1 saturated heterocycles. The molecule has 1 saturated carbocycles. The van der Waals surface area contributed by atoms with E-state index in [-0.39, 0.29) is 18.1 Å². The van der Waals surface area contributed by atoms with E-state index in [9.17, 15) is 9.59 Å². The van der Waals surface area contributed by atoms with Crippen molar-refractivity contribution in [2.45, 2.75) is 78.0 Å². The predicted molar refractivity (Wildman–Crippen MR) is 143 cm³/mol. The second kappa shape index (κ2) is 8.89. The molecule has 2 aliphatic heterocycles. The fourth-order valence-electron chi connectivity index (χ4n) is 5.90. The van der Waals surface area contributed by atoms with E-state index < -0.39 is 5.60 Å². The first kappa shape index (κ1) is 24.0. The van der Waals surface area contributed by atoms with Gasteiger partial charge in [-0.25, -0.2) is 9.78 Å². The molecule has 1 aromatic carbocycles. The van der Waals surface area contributed by atoms with Crippen molar-refractivity contribution in [1.82, 2.24) is 19.8 Å². The van der Waals surface area contributed by atoms with Gasteiger partial charge in [0.2, 0.25) is 5.91 Å². The normalized spacial score (nSPS) is 19.8. The summed E-state index contributed by atoms with van der Waals surface area (Å²) < 4.78 is 5.79. The lowest BCUT2D eigenvalue weighted by Gasteiger charge is -2.34. The van der Waals surface area contributed by atoms with Crippen LogP contribution in [0.4, 0.5) is 4.79 Å². The zero-order chi connectivity index (χ0) is 25.9. The number of amides is 2. The Morgan fingerprint density at radius 3 is 2.65 bits per heavy atom. The number of aryl methyl sites for hydroxylation is 1. The minimum absolute atomic E-state index is 0.0279. The summed E-state index contributed by atoms with van der Waals surface area (Å²) in [6, 6.07) is 6.66. The van der Waals surface area contributed by atoms with Gasteiger partial charge in [-0.2, -0.15) is 0 Å². The van der Waals surface area contributed by atoms with Gasteiger partial charge in [-0.15, -0.1) is 0 Å². The van der Waals surface area contributed by atoms with Gasteiger partial charge >= 0.3 is 6.09 Å². The molecule has 37 heavy (non-hydrogen) atoms. The average molecular weight is 501 g/mol. The molecule has 1 aliphatic carbocycles. The molecule has 7 nitrogen and oxygen atoms in total. The quantitative estimate of drug-likeness (QED) is 0.485. The lowest BCUT2D eigenvalue weighted by Crippen LogP contribution is -2.39. The highest BCUT2D eigenvalue weighted by Crippen LogP contribution is 2.41. The van der Waals surface area contributed by atoms with Crippen LogP contribution in [0.3, 0.4) is 0 Å². The number of fused-ring (bicyclic) bond motifs is 2. The number of aromatic amines is 1. The maximum atomic E-state index is 13.2. The Kier molecular flexibility index (Phi) is 5.77. The second-order valence-electron chi connectivity index (χ2n) is 11.9. The first-order chi connectivity index (χ1) is 17.7. The molecule has 6 rings (SSSR count). The minimum atomic E-state index is -0.537. The number of hydrogen-bond donors (Lipinski definition) is 1. The fraction of sp³-hybridized carbons (Fsp3) is 0.500. The van der Waals surface area contributed by atoms with E-state index in [0.717, 1.165) is 66.4 Å². The summed E-state index contributed by atoms with van der Waals surface area (Å²) in [6.45, 7) is 9.89. The van der Waals surface area contributed by atoms with Crippen molar-refractivity contribution < 1.29 is 14.3 Å². The summed E-state index contributed by atoms with van der Waals surface area (Å²) in [5, 5.41) is 1.11. The molecular formula is C30H36N4O3. The number of nitrogens with one attached hydrogen (secondary N) is 1. The monoisotopic (exact) mass is 500 g/mol. The Balaban J connectivity index is 1.42. The third-order valence-electron chi connectivity index (χ3n) is 7.92. The minimum Gasteiger partial charge on any atom is -0.444 e. The third kappa shape index (κ3) is 4.60. The molecule has 7 heteroatoms. The molecule has 2 amide bonds. The Morgan fingerprint density at radius 2 is 1.89 bits per heavy atom. The standard InChI is InChI=1S/C30H36N4O3/c1-18-15-31-27-24(18)14-21(16-32-27)20-12-22-17-33(28(35)19-7-8-19)11-9-23(22)25(13-20)26-6-5-10-34(26)29(36)37-30(2,3)4/h12-16,19,26H,5-11,17H2,1-4H3,(H,31,32)/t26-/m0/s1. The second-order valence-corrected chi connectivity index (χ2v) is 11.9. The van der Waals surface area contributed by atoms with E-state index in [2.05, 4.69) is 35.1 Å². The number of hydrogen-bond acceptors (Lipinski definition) is 4. The van der Waals surface area contributed by atoms with E-state index in [0.29, 0.717) is 19.0 Å². The van der Waals surface area contributed by atoms with Crippen LogP contribution >= 0.6 is 0 Å². The maximum Gasteiger partial charge on any atom is 0.410 e. The van der Waals surface area contributed by atoms with E-state index in [1.54, 1.807) is 0 Å². The Labute approximate surface area is 218 Å². The van der Waals surface area contributed by atoms with Gasteiger partial charge in [0.1, 0.15) is 11.2 Å². The number of aromatic nitrogens is 2. The number of carbonyl (C=O) groups excluding carboxylic acids is 2. The molecular weight excluding hydrogens is 464 g/mol. The number of ether oxygens (including phenoxy) is 1. The van der Waals surface area contributed by atoms with Gasteiger partial charge < -0.3 is 19.5 Å². The number of carbonyl (C=O) groups is 2. The Hall–Kier alpha value is -3.35. The van der Waals surface area contributed by atoms with E-state index >= 15 is 0 Å². The maximum absolute atomic E-state index is 13.2. The number of H-pyrrole nitrogens is 1. The smallest absolute Gasteiger partial charge is 0.410 e. The summed E-state index contributed by atoms with van der Waals surface area (Å²) in [4.78, 5) is 38.0. The van der Waals surface area contributed by atoms with Gasteiger partial charge in [0.25, 0.3) is 0 Å². The van der Waals surface area contributed by atoms with Crippen molar-refractivity contribution in [1.29, 1.82) is 0 Å². The van der Waals surface area contributed by atoms with Crippen molar-refractivity contribution in [3.63, 3.8) is 0 Å². The van der Waals surface area contributed by atoms with Crippen LogP contribution in [-0.4, -0.2) is 50.5 Å². The zero-order valence-electron chi connectivity index (χ0n) is 22.3. The largest absolute Gasteiger partial charge is 0.444 e. The van der Waals surface area contributed by atoms with Crippen LogP contribution in [0.15, 0.2) is 30.6 Å². The summed E-state index contributed by atoms with van der Waals surface area (Å²) in [6.07, 6.45) is 8.36. The van der Waals surface area contributed by atoms with E-state index in [4.69, 9.17) is 4.74 Å². The average Bonchev–Trinajstić information content (AvgIpc) is 3.48. The Morgan fingerprint density at radius 1 is 1.08 bits per heavy atom. The van der Waals surface area contributed by atoms with E-state index in [1.165, 1.54) is 16.7 Å². The molecule has 4 heterocycles. The molecule has 0 bridgehead atoms. The summed E-state index contributed by atoms with van der Waals surface area (Å²) in [7, 11) is 0. The molecule has 0 spiro atoms. The van der Waals surface area contributed by atoms with Crippen LogP contribution in [0, 0.1) is 12.8 Å². The first-order valence-electron chi connectivity index (χ1n) is 13.6. The van der Waals surface area contributed by atoms with Gasteiger partial charge in [-0.05, 0) is 106 Å². The van der Waals surface area contributed by atoms with Gasteiger partial charge in [-0.3, -0.25) is 4.79 Å². The molecule has 1 N–H and O–H groups in total. The first-order valence-corrected chi connectivity index (χ1v) is 13.6. The zero-order valence-corrected chi connectivity index (χ0v) is 22.3. The summed E-state index contributed by atoms with van der Waals surface area (Å²) in [5.41, 5.74) is 7.31. The number of likely N-dealkylation sites (tertiary alicyclic amines) is 1. The molecule has 0 radical (unpaired) electrons. The predicted octanol–water partition coefficient (Wildman–Crippen LogP) is 5.91. The van der Waals surface area contributed by atoms with Crippen LogP contribution in [0.1, 0.15) is 74.8 Å². The van der Waals surface area contributed by atoms with E-state index in [1.807, 2.05) is 43.0 Å². The van der Waals surface area contributed by atoms with Crippen molar-refractivity contribution in [3.8, 4) is 11.1 Å². The highest BCUT2D eigenvalue weighted by Gasteiger charge is 2.38. The highest BCUT2D eigenvalue weighted by molar-refractivity contribution is 5.85. The molecule has 0 unspecified atom stereocenters. The molecule has 1 atom stereocenters. The Bertz CT molecular complexity index is 1380. The molecule has 194 valence electrons. The molecule has 3 aliphatic rings. The highest BCUT2D eigenvalue weighted by atomic mass is 16.6. The topological polar surface area (TPSA) is 78.5 Å². The number of pyridine rings is 1. The van der Waals surface area contributed by atoms with Crippen LogP contribution in [0.2, 0.25) is 0 Å². The van der Waals surface area contributed by atoms with Gasteiger partial charge in [0, 0.05) is 48.9 Å². The molecule has 2 aromatic heterocycles. The number of nitrogens with zero attached hydrogens (tertiary/aromatic N) is 3. The molecule has 3 aromatic rings.